The van der Waals surface area contributed by atoms with Gasteiger partial charge in [0.1, 0.15) is 12.6 Å². The summed E-state index contributed by atoms with van der Waals surface area (Å²) in [5.41, 5.74) is 0. The average Bonchev–Trinajstić information content (AvgIpc) is 2.60. The molecule has 0 spiro atoms. The molecule has 0 aromatic rings. The second-order valence-corrected chi connectivity index (χ2v) is 8.87. The van der Waals surface area contributed by atoms with Crippen molar-refractivity contribution >= 4 is 11.9 Å². The standard InChI is InChI=1S/C18H37NO2.C5H11NO2/c1-4-7-8-9-10-11-12-13-14-15-16-17(18(20)21)19(5-2)6-3;1-6(2,3)4-5(7)8/h17H,4-16H2,1-3H3,(H,20,21);4H2,1-3H3. The Morgan fingerprint density at radius 3 is 1.52 bits per heavy atom. The first-order valence-electron chi connectivity index (χ1n) is 11.6. The maximum Gasteiger partial charge on any atom is 0.320 e. The number of hydrogen-bond donors (Lipinski definition) is 1. The van der Waals surface area contributed by atoms with E-state index in [1.807, 2.05) is 13.8 Å². The Balaban J connectivity index is 0. The molecule has 0 aromatic carbocycles. The van der Waals surface area contributed by atoms with Gasteiger partial charge in [-0.15, -0.1) is 0 Å². The fourth-order valence-electron chi connectivity index (χ4n) is 3.34. The smallest absolute Gasteiger partial charge is 0.320 e. The summed E-state index contributed by atoms with van der Waals surface area (Å²) < 4.78 is 0.419. The van der Waals surface area contributed by atoms with Gasteiger partial charge in [0.15, 0.2) is 0 Å². The summed E-state index contributed by atoms with van der Waals surface area (Å²) in [6, 6.07) is -0.283. The number of rotatable bonds is 17. The molecule has 0 saturated heterocycles. The van der Waals surface area contributed by atoms with Gasteiger partial charge >= 0.3 is 5.97 Å². The van der Waals surface area contributed by atoms with Crippen LogP contribution in [0.3, 0.4) is 0 Å². The molecule has 29 heavy (non-hydrogen) atoms. The van der Waals surface area contributed by atoms with E-state index >= 15 is 0 Å². The first kappa shape index (κ1) is 30.1. The molecule has 174 valence electrons. The van der Waals surface area contributed by atoms with Gasteiger partial charge in [-0.2, -0.15) is 0 Å². The van der Waals surface area contributed by atoms with Gasteiger partial charge in [-0.1, -0.05) is 85.0 Å². The van der Waals surface area contributed by atoms with Crippen LogP contribution in [0.25, 0.3) is 0 Å². The molecule has 0 fully saturated rings. The Labute approximate surface area is 179 Å². The number of quaternary nitrogens is 1. The minimum Gasteiger partial charge on any atom is -0.544 e. The molecule has 0 amide bonds. The van der Waals surface area contributed by atoms with Crippen LogP contribution in [-0.4, -0.2) is 73.2 Å². The second-order valence-electron chi connectivity index (χ2n) is 8.87. The Kier molecular flexibility index (Phi) is 19.5. The third-order valence-electron chi connectivity index (χ3n) is 4.97. The minimum absolute atomic E-state index is 0.0694. The normalized spacial score (nSPS) is 12.4. The van der Waals surface area contributed by atoms with E-state index in [1.54, 1.807) is 21.1 Å². The number of unbranched alkanes of at least 4 members (excludes halogenated alkanes) is 9. The van der Waals surface area contributed by atoms with Gasteiger partial charge in [-0.25, -0.2) is 0 Å². The molecule has 0 heterocycles. The van der Waals surface area contributed by atoms with E-state index < -0.39 is 11.9 Å². The number of aliphatic carboxylic acids is 2. The van der Waals surface area contributed by atoms with Crippen LogP contribution < -0.4 is 5.11 Å². The molecular weight excluding hydrogens is 368 g/mol. The van der Waals surface area contributed by atoms with E-state index in [9.17, 15) is 19.8 Å². The van der Waals surface area contributed by atoms with E-state index in [0.29, 0.717) is 4.48 Å². The van der Waals surface area contributed by atoms with Crippen molar-refractivity contribution in [2.75, 3.05) is 40.8 Å². The van der Waals surface area contributed by atoms with Crippen molar-refractivity contribution < 1.29 is 24.3 Å². The SMILES string of the molecule is CCCCCCCCCCCCC(C(=O)O)N(CC)CC.C[N+](C)(C)CC(=O)[O-]. The second kappa shape index (κ2) is 18.9. The van der Waals surface area contributed by atoms with Crippen LogP contribution in [0.15, 0.2) is 0 Å². The average molecular weight is 417 g/mol. The van der Waals surface area contributed by atoms with Gasteiger partial charge in [0.2, 0.25) is 0 Å². The molecule has 1 N–H and O–H groups in total. The molecule has 0 saturated carbocycles. The van der Waals surface area contributed by atoms with Crippen molar-refractivity contribution in [3.8, 4) is 0 Å². The van der Waals surface area contributed by atoms with Crippen molar-refractivity contribution in [3.63, 3.8) is 0 Å². The number of nitrogens with zero attached hydrogens (tertiary/aromatic N) is 2. The summed E-state index contributed by atoms with van der Waals surface area (Å²) in [5.74, 6) is -1.66. The van der Waals surface area contributed by atoms with Gasteiger partial charge in [-0.05, 0) is 19.5 Å². The summed E-state index contributed by atoms with van der Waals surface area (Å²) in [7, 11) is 5.40. The topological polar surface area (TPSA) is 80.7 Å². The first-order valence-corrected chi connectivity index (χ1v) is 11.6. The Morgan fingerprint density at radius 2 is 1.24 bits per heavy atom. The van der Waals surface area contributed by atoms with Gasteiger partial charge in [0.25, 0.3) is 0 Å². The lowest BCUT2D eigenvalue weighted by molar-refractivity contribution is -0.864. The predicted molar refractivity (Wildman–Crippen MR) is 119 cm³/mol. The van der Waals surface area contributed by atoms with Crippen LogP contribution in [0.4, 0.5) is 0 Å². The van der Waals surface area contributed by atoms with E-state index in [1.165, 1.54) is 57.8 Å². The lowest BCUT2D eigenvalue weighted by Gasteiger charge is -2.26. The maximum atomic E-state index is 11.3. The largest absolute Gasteiger partial charge is 0.544 e. The Bertz CT molecular complexity index is 404. The Morgan fingerprint density at radius 1 is 0.828 bits per heavy atom. The molecule has 0 rings (SSSR count). The zero-order chi connectivity index (χ0) is 22.7. The number of likely N-dealkylation sites (N-methyl/N-ethyl adjacent to an activating group) is 2. The van der Waals surface area contributed by atoms with Gasteiger partial charge < -0.3 is 19.5 Å². The molecule has 0 aliphatic rings. The monoisotopic (exact) mass is 416 g/mol. The molecule has 1 atom stereocenters. The van der Waals surface area contributed by atoms with Crippen molar-refractivity contribution in [3.05, 3.63) is 0 Å². The highest BCUT2D eigenvalue weighted by Crippen LogP contribution is 2.14. The van der Waals surface area contributed by atoms with E-state index in [-0.39, 0.29) is 12.6 Å². The molecule has 0 aromatic heterocycles. The molecule has 6 heteroatoms. The lowest BCUT2D eigenvalue weighted by atomic mass is 10.0. The van der Waals surface area contributed by atoms with Crippen LogP contribution in [-0.2, 0) is 9.59 Å². The van der Waals surface area contributed by atoms with Crippen molar-refractivity contribution in [1.82, 2.24) is 4.90 Å². The van der Waals surface area contributed by atoms with Crippen LogP contribution in [0, 0.1) is 0 Å². The maximum absolute atomic E-state index is 11.3. The zero-order valence-corrected chi connectivity index (χ0v) is 20.0. The lowest BCUT2D eigenvalue weighted by Crippen LogP contribution is -2.45. The molecule has 6 nitrogen and oxygen atoms in total. The predicted octanol–water partition coefficient (Wildman–Crippen LogP) is 3.53. The summed E-state index contributed by atoms with van der Waals surface area (Å²) in [6.07, 6.45) is 13.8. The zero-order valence-electron chi connectivity index (χ0n) is 20.0. The number of hydrogen-bond acceptors (Lipinski definition) is 4. The van der Waals surface area contributed by atoms with E-state index in [2.05, 4.69) is 11.8 Å². The van der Waals surface area contributed by atoms with Crippen LogP contribution in [0.2, 0.25) is 0 Å². The first-order chi connectivity index (χ1) is 13.6. The van der Waals surface area contributed by atoms with Crippen LogP contribution >= 0.6 is 0 Å². The van der Waals surface area contributed by atoms with Gasteiger partial charge in [0, 0.05) is 0 Å². The molecule has 1 unspecified atom stereocenters. The van der Waals surface area contributed by atoms with Crippen molar-refractivity contribution in [2.24, 2.45) is 0 Å². The summed E-state index contributed by atoms with van der Waals surface area (Å²) in [5, 5.41) is 19.2. The molecule has 0 aliphatic heterocycles. The van der Waals surface area contributed by atoms with E-state index in [0.717, 1.165) is 25.9 Å². The Hall–Kier alpha value is -1.14. The van der Waals surface area contributed by atoms with Gasteiger partial charge in [0.05, 0.1) is 27.1 Å². The highest BCUT2D eigenvalue weighted by molar-refractivity contribution is 5.73. The highest BCUT2D eigenvalue weighted by Gasteiger charge is 2.22. The number of carbonyl (C=O) groups excluding carboxylic acids is 1. The van der Waals surface area contributed by atoms with Crippen molar-refractivity contribution in [2.45, 2.75) is 97.4 Å². The van der Waals surface area contributed by atoms with E-state index in [4.69, 9.17) is 0 Å². The summed E-state index contributed by atoms with van der Waals surface area (Å²) in [4.78, 5) is 23.2. The quantitative estimate of drug-likeness (QED) is 0.290. The van der Waals surface area contributed by atoms with Crippen LogP contribution in [0.5, 0.6) is 0 Å². The molecule has 0 radical (unpaired) electrons. The van der Waals surface area contributed by atoms with Crippen molar-refractivity contribution in [1.29, 1.82) is 0 Å². The molecular formula is C23H48N2O4. The molecule has 0 aliphatic carbocycles. The van der Waals surface area contributed by atoms with Crippen LogP contribution in [0.1, 0.15) is 91.4 Å². The fourth-order valence-corrected chi connectivity index (χ4v) is 3.34. The highest BCUT2D eigenvalue weighted by atomic mass is 16.4. The number of carboxylic acids is 2. The number of carbonyl (C=O) groups is 2. The fraction of sp³-hybridized carbons (Fsp3) is 0.913. The minimum atomic E-state index is -1.00. The van der Waals surface area contributed by atoms with Gasteiger partial charge in [-0.3, -0.25) is 9.69 Å². The third kappa shape index (κ3) is 21.4. The third-order valence-corrected chi connectivity index (χ3v) is 4.97. The summed E-state index contributed by atoms with van der Waals surface area (Å²) in [6.45, 7) is 8.05. The summed E-state index contributed by atoms with van der Waals surface area (Å²) >= 11 is 0. The molecule has 0 bridgehead atoms. The number of carboxylic acid groups (broad SMARTS) is 2.